The third-order valence-electron chi connectivity index (χ3n) is 3.80. The monoisotopic (exact) mass is 327 g/mol. The van der Waals surface area contributed by atoms with Gasteiger partial charge in [-0.3, -0.25) is 0 Å². The second kappa shape index (κ2) is 9.73. The minimum Gasteiger partial charge on any atom is -0.482 e. The molecule has 1 atom stereocenters. The first-order valence-corrected chi connectivity index (χ1v) is 8.23. The molecule has 1 unspecified atom stereocenters. The van der Waals surface area contributed by atoms with Crippen molar-refractivity contribution in [1.29, 1.82) is 0 Å². The molecule has 0 spiro atoms. The van der Waals surface area contributed by atoms with Crippen LogP contribution in [0.15, 0.2) is 54.6 Å². The van der Waals surface area contributed by atoms with Crippen LogP contribution in [0.2, 0.25) is 0 Å². The van der Waals surface area contributed by atoms with Crippen molar-refractivity contribution in [1.82, 2.24) is 5.32 Å². The maximum atomic E-state index is 11.0. The largest absolute Gasteiger partial charge is 0.482 e. The summed E-state index contributed by atoms with van der Waals surface area (Å²) in [7, 11) is 1.35. The van der Waals surface area contributed by atoms with Gasteiger partial charge in [-0.05, 0) is 49.6 Å². The Morgan fingerprint density at radius 1 is 1.04 bits per heavy atom. The maximum Gasteiger partial charge on any atom is 0.343 e. The summed E-state index contributed by atoms with van der Waals surface area (Å²) in [6.07, 6.45) is 1.98. The number of esters is 1. The zero-order valence-electron chi connectivity index (χ0n) is 14.3. The van der Waals surface area contributed by atoms with E-state index in [9.17, 15) is 4.79 Å². The number of nitrogens with one attached hydrogen (secondary N) is 1. The Morgan fingerprint density at radius 2 is 1.75 bits per heavy atom. The van der Waals surface area contributed by atoms with Gasteiger partial charge in [0.1, 0.15) is 5.75 Å². The molecule has 0 radical (unpaired) electrons. The standard InChI is InChI=1S/C20H25NO3/c1-16(21-13-12-17-6-4-3-5-7-17)14-18-8-10-19(11-9-18)24-15-20(22)23-2/h3-11,16,21H,12-15H2,1-2H3. The van der Waals surface area contributed by atoms with Crippen LogP contribution < -0.4 is 10.1 Å². The number of benzene rings is 2. The number of carbonyl (C=O) groups is 1. The average molecular weight is 327 g/mol. The molecular weight excluding hydrogens is 302 g/mol. The Labute approximate surface area is 143 Å². The summed E-state index contributed by atoms with van der Waals surface area (Å²) in [5.74, 6) is 0.296. The fourth-order valence-corrected chi connectivity index (χ4v) is 2.46. The molecule has 4 nitrogen and oxygen atoms in total. The Kier molecular flexibility index (Phi) is 7.30. The smallest absolute Gasteiger partial charge is 0.343 e. The van der Waals surface area contributed by atoms with Crippen molar-refractivity contribution in [2.24, 2.45) is 0 Å². The van der Waals surface area contributed by atoms with Gasteiger partial charge in [0.2, 0.25) is 0 Å². The molecule has 2 aromatic carbocycles. The van der Waals surface area contributed by atoms with E-state index in [0.717, 1.165) is 19.4 Å². The summed E-state index contributed by atoms with van der Waals surface area (Å²) in [5, 5.41) is 3.55. The zero-order chi connectivity index (χ0) is 17.2. The summed E-state index contributed by atoms with van der Waals surface area (Å²) >= 11 is 0. The Balaban J connectivity index is 1.71. The van der Waals surface area contributed by atoms with Gasteiger partial charge in [-0.25, -0.2) is 4.79 Å². The van der Waals surface area contributed by atoms with Crippen molar-refractivity contribution in [3.63, 3.8) is 0 Å². The fraction of sp³-hybridized carbons (Fsp3) is 0.350. The number of hydrogen-bond donors (Lipinski definition) is 1. The molecular formula is C20H25NO3. The highest BCUT2D eigenvalue weighted by atomic mass is 16.6. The lowest BCUT2D eigenvalue weighted by molar-refractivity contribution is -0.142. The second-order valence-corrected chi connectivity index (χ2v) is 5.80. The van der Waals surface area contributed by atoms with Crippen molar-refractivity contribution in [3.8, 4) is 5.75 Å². The van der Waals surface area contributed by atoms with Gasteiger partial charge in [-0.2, -0.15) is 0 Å². The normalized spacial score (nSPS) is 11.8. The first-order chi connectivity index (χ1) is 11.7. The van der Waals surface area contributed by atoms with Crippen LogP contribution in [0, 0.1) is 0 Å². The molecule has 0 heterocycles. The zero-order valence-corrected chi connectivity index (χ0v) is 14.3. The highest BCUT2D eigenvalue weighted by Gasteiger charge is 2.05. The third-order valence-corrected chi connectivity index (χ3v) is 3.80. The molecule has 0 aliphatic heterocycles. The van der Waals surface area contributed by atoms with E-state index in [1.807, 2.05) is 30.3 Å². The van der Waals surface area contributed by atoms with E-state index in [1.165, 1.54) is 18.2 Å². The van der Waals surface area contributed by atoms with Crippen LogP contribution in [-0.4, -0.2) is 32.3 Å². The number of hydrogen-bond acceptors (Lipinski definition) is 4. The van der Waals surface area contributed by atoms with E-state index < -0.39 is 0 Å². The van der Waals surface area contributed by atoms with Crippen LogP contribution >= 0.6 is 0 Å². The quantitative estimate of drug-likeness (QED) is 0.719. The highest BCUT2D eigenvalue weighted by molar-refractivity contribution is 5.70. The number of methoxy groups -OCH3 is 1. The van der Waals surface area contributed by atoms with E-state index in [-0.39, 0.29) is 12.6 Å². The van der Waals surface area contributed by atoms with E-state index in [0.29, 0.717) is 11.8 Å². The van der Waals surface area contributed by atoms with Crippen LogP contribution in [0.5, 0.6) is 5.75 Å². The molecule has 2 aromatic rings. The lowest BCUT2D eigenvalue weighted by Crippen LogP contribution is -2.29. The fourth-order valence-electron chi connectivity index (χ4n) is 2.46. The topological polar surface area (TPSA) is 47.6 Å². The number of rotatable bonds is 9. The molecule has 0 amide bonds. The molecule has 1 N–H and O–H groups in total. The van der Waals surface area contributed by atoms with Crippen molar-refractivity contribution < 1.29 is 14.3 Å². The SMILES string of the molecule is COC(=O)COc1ccc(CC(C)NCCc2ccccc2)cc1. The summed E-state index contributed by atoms with van der Waals surface area (Å²) in [4.78, 5) is 11.0. The molecule has 2 rings (SSSR count). The second-order valence-electron chi connectivity index (χ2n) is 5.80. The summed E-state index contributed by atoms with van der Waals surface area (Å²) in [6, 6.07) is 18.7. The summed E-state index contributed by atoms with van der Waals surface area (Å²) in [6.45, 7) is 3.09. The Morgan fingerprint density at radius 3 is 2.42 bits per heavy atom. The number of ether oxygens (including phenoxy) is 2. The van der Waals surface area contributed by atoms with Crippen molar-refractivity contribution in [2.75, 3.05) is 20.3 Å². The predicted octanol–water partition coefficient (Wildman–Crippen LogP) is 3.00. The van der Waals surface area contributed by atoms with E-state index in [4.69, 9.17) is 4.74 Å². The summed E-state index contributed by atoms with van der Waals surface area (Å²) in [5.41, 5.74) is 2.59. The van der Waals surface area contributed by atoms with Gasteiger partial charge < -0.3 is 14.8 Å². The van der Waals surface area contributed by atoms with Gasteiger partial charge in [0, 0.05) is 6.04 Å². The highest BCUT2D eigenvalue weighted by Crippen LogP contribution is 2.13. The molecule has 0 saturated carbocycles. The predicted molar refractivity (Wildman–Crippen MR) is 95.3 cm³/mol. The van der Waals surface area contributed by atoms with Gasteiger partial charge in [0.05, 0.1) is 7.11 Å². The van der Waals surface area contributed by atoms with Gasteiger partial charge >= 0.3 is 5.97 Å². The molecule has 128 valence electrons. The molecule has 0 aliphatic rings. The molecule has 24 heavy (non-hydrogen) atoms. The lowest BCUT2D eigenvalue weighted by Gasteiger charge is -2.14. The number of carbonyl (C=O) groups excluding carboxylic acids is 1. The molecule has 0 saturated heterocycles. The molecule has 0 bridgehead atoms. The van der Waals surface area contributed by atoms with Gasteiger partial charge in [-0.15, -0.1) is 0 Å². The van der Waals surface area contributed by atoms with Gasteiger partial charge in [-0.1, -0.05) is 42.5 Å². The van der Waals surface area contributed by atoms with Crippen LogP contribution in [-0.2, 0) is 22.4 Å². The van der Waals surface area contributed by atoms with Crippen molar-refractivity contribution in [2.45, 2.75) is 25.8 Å². The van der Waals surface area contributed by atoms with E-state index >= 15 is 0 Å². The van der Waals surface area contributed by atoms with E-state index in [2.05, 4.69) is 41.2 Å². The van der Waals surface area contributed by atoms with Crippen LogP contribution in [0.3, 0.4) is 0 Å². The molecule has 0 fully saturated rings. The van der Waals surface area contributed by atoms with Crippen molar-refractivity contribution >= 4 is 5.97 Å². The minimum absolute atomic E-state index is 0.0622. The lowest BCUT2D eigenvalue weighted by atomic mass is 10.1. The maximum absolute atomic E-state index is 11.0. The van der Waals surface area contributed by atoms with E-state index in [1.54, 1.807) is 0 Å². The Hall–Kier alpha value is -2.33. The van der Waals surface area contributed by atoms with Crippen molar-refractivity contribution in [3.05, 3.63) is 65.7 Å². The molecule has 0 aromatic heterocycles. The first kappa shape index (κ1) is 18.0. The minimum atomic E-state index is -0.379. The summed E-state index contributed by atoms with van der Waals surface area (Å²) < 4.78 is 9.89. The van der Waals surface area contributed by atoms with Gasteiger partial charge in [0.25, 0.3) is 0 Å². The van der Waals surface area contributed by atoms with Crippen LogP contribution in [0.4, 0.5) is 0 Å². The van der Waals surface area contributed by atoms with Crippen LogP contribution in [0.1, 0.15) is 18.1 Å². The first-order valence-electron chi connectivity index (χ1n) is 8.23. The third kappa shape index (κ3) is 6.42. The van der Waals surface area contributed by atoms with Crippen LogP contribution in [0.25, 0.3) is 0 Å². The average Bonchev–Trinajstić information content (AvgIpc) is 2.61. The Bertz CT molecular complexity index is 611. The molecule has 0 aliphatic carbocycles. The van der Waals surface area contributed by atoms with Gasteiger partial charge in [0.15, 0.2) is 6.61 Å². The molecule has 4 heteroatoms.